The molecule has 0 saturated heterocycles. The van der Waals surface area contributed by atoms with Crippen LogP contribution in [0.1, 0.15) is 0 Å². The summed E-state index contributed by atoms with van der Waals surface area (Å²) in [5, 5.41) is 0. The SMILES string of the molecule is N/C=N/COCC(F)(F)F. The Morgan fingerprint density at radius 3 is 2.50 bits per heavy atom. The van der Waals surface area contributed by atoms with Gasteiger partial charge in [0.2, 0.25) is 0 Å². The molecule has 3 nitrogen and oxygen atoms in total. The highest BCUT2D eigenvalue weighted by atomic mass is 19.4. The van der Waals surface area contributed by atoms with Crippen LogP contribution in [0.3, 0.4) is 0 Å². The van der Waals surface area contributed by atoms with E-state index in [1.165, 1.54) is 0 Å². The Bertz CT molecular complexity index is 112. The molecule has 0 aromatic carbocycles. The molecule has 0 saturated carbocycles. The molecule has 0 aromatic rings. The van der Waals surface area contributed by atoms with Gasteiger partial charge in [0.05, 0.1) is 6.34 Å². The smallest absolute Gasteiger partial charge is 0.390 e. The van der Waals surface area contributed by atoms with Crippen LogP contribution in [-0.2, 0) is 4.74 Å². The summed E-state index contributed by atoms with van der Waals surface area (Å²) in [6, 6.07) is 0. The van der Waals surface area contributed by atoms with Gasteiger partial charge in [-0.25, -0.2) is 4.99 Å². The van der Waals surface area contributed by atoms with Gasteiger partial charge in [0.15, 0.2) is 0 Å². The van der Waals surface area contributed by atoms with Crippen molar-refractivity contribution in [3.8, 4) is 0 Å². The first-order chi connectivity index (χ1) is 4.56. The third-order valence-electron chi connectivity index (χ3n) is 0.537. The average molecular weight is 156 g/mol. The third kappa shape index (κ3) is 7.22. The minimum Gasteiger partial charge on any atom is -0.390 e. The number of hydrogen-bond acceptors (Lipinski definition) is 2. The fourth-order valence-corrected chi connectivity index (χ4v) is 0.257. The Balaban J connectivity index is 3.20. The molecular weight excluding hydrogens is 149 g/mol. The standard InChI is InChI=1S/C4H7F3N2O/c5-4(6,7)1-10-3-9-2-8/h2H,1,3H2,(H2,8,9). The highest BCUT2D eigenvalue weighted by Crippen LogP contribution is 2.13. The molecular formula is C4H7F3N2O. The number of ether oxygens (including phenoxy) is 1. The average Bonchev–Trinajstić information content (AvgIpc) is 1.78. The highest BCUT2D eigenvalue weighted by Gasteiger charge is 2.27. The molecule has 6 heteroatoms. The van der Waals surface area contributed by atoms with E-state index in [0.29, 0.717) is 0 Å². The van der Waals surface area contributed by atoms with Gasteiger partial charge in [0.25, 0.3) is 0 Å². The van der Waals surface area contributed by atoms with Crippen LogP contribution in [0.5, 0.6) is 0 Å². The molecule has 10 heavy (non-hydrogen) atoms. The predicted molar refractivity (Wildman–Crippen MR) is 29.6 cm³/mol. The molecule has 0 heterocycles. The van der Waals surface area contributed by atoms with Gasteiger partial charge in [0, 0.05) is 0 Å². The fourth-order valence-electron chi connectivity index (χ4n) is 0.257. The van der Waals surface area contributed by atoms with E-state index in [9.17, 15) is 13.2 Å². The predicted octanol–water partition coefficient (Wildman–Crippen LogP) is 0.510. The van der Waals surface area contributed by atoms with E-state index in [0.717, 1.165) is 6.34 Å². The lowest BCUT2D eigenvalue weighted by molar-refractivity contribution is -0.173. The number of alkyl halides is 3. The summed E-state index contributed by atoms with van der Waals surface area (Å²) in [6.07, 6.45) is -3.40. The molecule has 0 fully saturated rings. The maximum atomic E-state index is 11.3. The minimum atomic E-state index is -4.29. The van der Waals surface area contributed by atoms with Gasteiger partial charge in [-0.05, 0) is 0 Å². The Morgan fingerprint density at radius 1 is 1.50 bits per heavy atom. The van der Waals surface area contributed by atoms with Crippen LogP contribution in [0, 0.1) is 0 Å². The largest absolute Gasteiger partial charge is 0.411 e. The third-order valence-corrected chi connectivity index (χ3v) is 0.537. The summed E-state index contributed by atoms with van der Waals surface area (Å²) in [6.45, 7) is -1.64. The van der Waals surface area contributed by atoms with Crippen molar-refractivity contribution in [1.82, 2.24) is 0 Å². The van der Waals surface area contributed by atoms with Crippen molar-refractivity contribution < 1.29 is 17.9 Å². The van der Waals surface area contributed by atoms with Crippen LogP contribution in [0.2, 0.25) is 0 Å². The molecule has 0 rings (SSSR count). The Kier molecular flexibility index (Phi) is 3.78. The summed E-state index contributed by atoms with van der Waals surface area (Å²) in [5.74, 6) is 0. The molecule has 0 atom stereocenters. The molecule has 0 unspecified atom stereocenters. The number of hydrogen-bond donors (Lipinski definition) is 1. The Morgan fingerprint density at radius 2 is 2.10 bits per heavy atom. The van der Waals surface area contributed by atoms with Gasteiger partial charge >= 0.3 is 6.18 Å². The second kappa shape index (κ2) is 4.10. The maximum Gasteiger partial charge on any atom is 0.411 e. The van der Waals surface area contributed by atoms with Gasteiger partial charge < -0.3 is 10.5 Å². The van der Waals surface area contributed by atoms with E-state index >= 15 is 0 Å². The van der Waals surface area contributed by atoms with Crippen molar-refractivity contribution in [3.63, 3.8) is 0 Å². The second-order valence-corrected chi connectivity index (χ2v) is 1.42. The van der Waals surface area contributed by atoms with Crippen LogP contribution in [0.15, 0.2) is 4.99 Å². The van der Waals surface area contributed by atoms with Gasteiger partial charge in [-0.15, -0.1) is 0 Å². The topological polar surface area (TPSA) is 47.6 Å². The fraction of sp³-hybridized carbons (Fsp3) is 0.750. The number of rotatable bonds is 3. The van der Waals surface area contributed by atoms with E-state index < -0.39 is 12.8 Å². The van der Waals surface area contributed by atoms with Crippen LogP contribution < -0.4 is 5.73 Å². The van der Waals surface area contributed by atoms with Crippen molar-refractivity contribution in [1.29, 1.82) is 0 Å². The highest BCUT2D eigenvalue weighted by molar-refractivity contribution is 5.50. The monoisotopic (exact) mass is 156 g/mol. The van der Waals surface area contributed by atoms with Crippen molar-refractivity contribution in [3.05, 3.63) is 0 Å². The van der Waals surface area contributed by atoms with Crippen LogP contribution in [0.4, 0.5) is 13.2 Å². The quantitative estimate of drug-likeness (QED) is 0.367. The zero-order valence-electron chi connectivity index (χ0n) is 5.06. The number of aliphatic imine (C=N–C) groups is 1. The lowest BCUT2D eigenvalue weighted by Gasteiger charge is -2.03. The van der Waals surface area contributed by atoms with Gasteiger partial charge in [-0.2, -0.15) is 13.2 Å². The molecule has 2 N–H and O–H groups in total. The Hall–Kier alpha value is -0.780. The number of nitrogens with zero attached hydrogens (tertiary/aromatic N) is 1. The van der Waals surface area contributed by atoms with Crippen LogP contribution >= 0.6 is 0 Å². The summed E-state index contributed by atoms with van der Waals surface area (Å²) in [7, 11) is 0. The molecule has 0 aliphatic carbocycles. The lowest BCUT2D eigenvalue weighted by atomic mass is 10.7. The summed E-state index contributed by atoms with van der Waals surface area (Å²) in [4.78, 5) is 3.21. The normalized spacial score (nSPS) is 12.7. The zero-order valence-corrected chi connectivity index (χ0v) is 5.06. The molecule has 60 valence electrons. The molecule has 0 amide bonds. The van der Waals surface area contributed by atoms with Gasteiger partial charge in [-0.1, -0.05) is 0 Å². The lowest BCUT2D eigenvalue weighted by Crippen LogP contribution is -2.17. The Labute approximate surface area is 55.7 Å². The van der Waals surface area contributed by atoms with Crippen LogP contribution in [0.25, 0.3) is 0 Å². The first-order valence-corrected chi connectivity index (χ1v) is 2.41. The second-order valence-electron chi connectivity index (χ2n) is 1.42. The van der Waals surface area contributed by atoms with E-state index in [4.69, 9.17) is 5.73 Å². The molecule has 0 spiro atoms. The summed E-state index contributed by atoms with van der Waals surface area (Å²) < 4.78 is 37.9. The first-order valence-electron chi connectivity index (χ1n) is 2.41. The van der Waals surface area contributed by atoms with Crippen LogP contribution in [-0.4, -0.2) is 25.9 Å². The summed E-state index contributed by atoms with van der Waals surface area (Å²) in [5.41, 5.74) is 4.73. The molecule has 0 aliphatic heterocycles. The van der Waals surface area contributed by atoms with Gasteiger partial charge in [0.1, 0.15) is 13.3 Å². The van der Waals surface area contributed by atoms with Crippen molar-refractivity contribution in [2.24, 2.45) is 10.7 Å². The number of halogens is 3. The zero-order chi connectivity index (χ0) is 8.04. The minimum absolute atomic E-state index is 0.351. The van der Waals surface area contributed by atoms with Gasteiger partial charge in [-0.3, -0.25) is 0 Å². The molecule has 0 bridgehead atoms. The maximum absolute atomic E-state index is 11.3. The van der Waals surface area contributed by atoms with E-state index in [-0.39, 0.29) is 6.73 Å². The first kappa shape index (κ1) is 9.22. The number of nitrogens with two attached hydrogens (primary N) is 1. The van der Waals surface area contributed by atoms with Crippen molar-refractivity contribution in [2.75, 3.05) is 13.3 Å². The van der Waals surface area contributed by atoms with Crippen molar-refractivity contribution in [2.45, 2.75) is 6.18 Å². The van der Waals surface area contributed by atoms with E-state index in [1.54, 1.807) is 0 Å². The molecule has 0 radical (unpaired) electrons. The summed E-state index contributed by atoms with van der Waals surface area (Å²) >= 11 is 0. The van der Waals surface area contributed by atoms with Crippen molar-refractivity contribution >= 4 is 6.34 Å². The molecule has 0 aliphatic rings. The van der Waals surface area contributed by atoms with E-state index in [2.05, 4.69) is 9.73 Å². The molecule has 0 aromatic heterocycles. The van der Waals surface area contributed by atoms with E-state index in [1.807, 2.05) is 0 Å².